The maximum absolute atomic E-state index is 11.5. The molecule has 3 nitrogen and oxygen atoms in total. The Labute approximate surface area is 84.0 Å². The second-order valence-corrected chi connectivity index (χ2v) is 4.05. The van der Waals surface area contributed by atoms with Gasteiger partial charge >= 0.3 is 0 Å². The summed E-state index contributed by atoms with van der Waals surface area (Å²) in [5.74, 6) is 0.0171. The van der Waals surface area contributed by atoms with Crippen LogP contribution in [0.1, 0.15) is 19.8 Å². The normalized spacial score (nSPS) is 25.8. The number of ether oxygens (including phenoxy) is 1. The molecule has 0 N–H and O–H groups in total. The number of amides is 1. The zero-order valence-electron chi connectivity index (χ0n) is 8.12. The Hall–Kier alpha value is -0.280. The molecule has 2 atom stereocenters. The van der Waals surface area contributed by atoms with E-state index in [0.29, 0.717) is 6.54 Å². The summed E-state index contributed by atoms with van der Waals surface area (Å²) in [6, 6.07) is 0. The number of hydrogen-bond acceptors (Lipinski definition) is 2. The average molecular weight is 206 g/mol. The number of rotatable bonds is 2. The minimum absolute atomic E-state index is 0.0171. The third-order valence-electron chi connectivity index (χ3n) is 2.36. The number of hydrogen-bond donors (Lipinski definition) is 0. The lowest BCUT2D eigenvalue weighted by molar-refractivity contribution is -0.134. The highest BCUT2D eigenvalue weighted by molar-refractivity contribution is 6.30. The monoisotopic (exact) mass is 205 g/mol. The predicted octanol–water partition coefficient (Wildman–Crippen LogP) is 1.25. The maximum Gasteiger partial charge on any atom is 0.240 e. The van der Waals surface area contributed by atoms with E-state index in [2.05, 4.69) is 0 Å². The van der Waals surface area contributed by atoms with Gasteiger partial charge in [0.05, 0.1) is 6.10 Å². The fourth-order valence-corrected chi connectivity index (χ4v) is 1.72. The molecule has 0 aromatic heterocycles. The van der Waals surface area contributed by atoms with Crippen molar-refractivity contribution in [3.05, 3.63) is 0 Å². The van der Waals surface area contributed by atoms with Crippen LogP contribution in [0.5, 0.6) is 0 Å². The van der Waals surface area contributed by atoms with E-state index in [0.717, 1.165) is 19.4 Å². The topological polar surface area (TPSA) is 29.5 Å². The zero-order chi connectivity index (χ0) is 9.84. The molecule has 13 heavy (non-hydrogen) atoms. The molecular weight excluding hydrogens is 190 g/mol. The summed E-state index contributed by atoms with van der Waals surface area (Å²) in [6.07, 6.45) is 2.23. The van der Waals surface area contributed by atoms with E-state index in [-0.39, 0.29) is 12.0 Å². The molecule has 0 spiro atoms. The molecule has 1 aliphatic heterocycles. The van der Waals surface area contributed by atoms with Crippen LogP contribution in [0.4, 0.5) is 0 Å². The Bertz CT molecular complexity index is 184. The van der Waals surface area contributed by atoms with Crippen molar-refractivity contribution in [1.29, 1.82) is 0 Å². The second-order valence-electron chi connectivity index (χ2n) is 3.40. The molecule has 1 amide bonds. The summed E-state index contributed by atoms with van der Waals surface area (Å²) in [4.78, 5) is 13.3. The molecule has 0 bridgehead atoms. The van der Waals surface area contributed by atoms with E-state index < -0.39 is 5.38 Å². The number of nitrogens with zero attached hydrogens (tertiary/aromatic N) is 1. The minimum atomic E-state index is -0.421. The van der Waals surface area contributed by atoms with Crippen LogP contribution in [0.2, 0.25) is 0 Å². The first-order valence-electron chi connectivity index (χ1n) is 4.60. The number of carbonyl (C=O) groups is 1. The van der Waals surface area contributed by atoms with Crippen molar-refractivity contribution < 1.29 is 9.53 Å². The van der Waals surface area contributed by atoms with E-state index in [9.17, 15) is 4.79 Å². The molecule has 1 fully saturated rings. The molecule has 1 aliphatic rings. The zero-order valence-corrected chi connectivity index (χ0v) is 8.88. The molecule has 4 heteroatoms. The molecule has 0 radical (unpaired) electrons. The number of carbonyl (C=O) groups excluding carboxylic acids is 1. The fraction of sp³-hybridized carbons (Fsp3) is 0.889. The smallest absolute Gasteiger partial charge is 0.240 e. The second kappa shape index (κ2) is 4.82. The van der Waals surface area contributed by atoms with Gasteiger partial charge in [0.25, 0.3) is 0 Å². The quantitative estimate of drug-likeness (QED) is 0.636. The first-order valence-corrected chi connectivity index (χ1v) is 5.04. The van der Waals surface area contributed by atoms with Gasteiger partial charge in [-0.2, -0.15) is 0 Å². The van der Waals surface area contributed by atoms with Gasteiger partial charge in [0.15, 0.2) is 0 Å². The van der Waals surface area contributed by atoms with E-state index in [4.69, 9.17) is 16.3 Å². The van der Waals surface area contributed by atoms with Crippen LogP contribution in [0.25, 0.3) is 0 Å². The van der Waals surface area contributed by atoms with Crippen LogP contribution in [-0.2, 0) is 9.53 Å². The van der Waals surface area contributed by atoms with Crippen molar-refractivity contribution >= 4 is 17.5 Å². The summed E-state index contributed by atoms with van der Waals surface area (Å²) < 4.78 is 5.21. The lowest BCUT2D eigenvalue weighted by Gasteiger charge is -2.32. The lowest BCUT2D eigenvalue weighted by Crippen LogP contribution is -2.45. The summed E-state index contributed by atoms with van der Waals surface area (Å²) in [5.41, 5.74) is 0. The van der Waals surface area contributed by atoms with Crippen molar-refractivity contribution in [2.45, 2.75) is 31.2 Å². The predicted molar refractivity (Wildman–Crippen MR) is 51.9 cm³/mol. The van der Waals surface area contributed by atoms with Gasteiger partial charge < -0.3 is 9.64 Å². The largest absolute Gasteiger partial charge is 0.380 e. The Balaban J connectivity index is 2.46. The van der Waals surface area contributed by atoms with Gasteiger partial charge in [0.2, 0.25) is 5.91 Å². The third-order valence-corrected chi connectivity index (χ3v) is 2.55. The Morgan fingerprint density at radius 1 is 1.69 bits per heavy atom. The molecule has 0 saturated carbocycles. The highest BCUT2D eigenvalue weighted by atomic mass is 35.5. The van der Waals surface area contributed by atoms with Gasteiger partial charge in [0, 0.05) is 20.2 Å². The lowest BCUT2D eigenvalue weighted by atomic mass is 10.1. The molecular formula is C9H16ClNO2. The highest BCUT2D eigenvalue weighted by Gasteiger charge is 2.25. The molecule has 0 aromatic rings. The number of piperidine rings is 1. The molecule has 1 saturated heterocycles. The summed E-state index contributed by atoms with van der Waals surface area (Å²) >= 11 is 5.72. The Morgan fingerprint density at radius 2 is 2.38 bits per heavy atom. The first kappa shape index (κ1) is 10.8. The number of likely N-dealkylation sites (tertiary alicyclic amines) is 1. The van der Waals surface area contributed by atoms with Crippen LogP contribution < -0.4 is 0 Å². The maximum atomic E-state index is 11.5. The van der Waals surface area contributed by atoms with Gasteiger partial charge in [-0.1, -0.05) is 0 Å². The van der Waals surface area contributed by atoms with Gasteiger partial charge in [0.1, 0.15) is 5.38 Å². The van der Waals surface area contributed by atoms with E-state index in [1.165, 1.54) is 0 Å². The van der Waals surface area contributed by atoms with Crippen molar-refractivity contribution in [1.82, 2.24) is 4.90 Å². The van der Waals surface area contributed by atoms with E-state index >= 15 is 0 Å². The summed E-state index contributed by atoms with van der Waals surface area (Å²) in [7, 11) is 1.68. The number of halogens is 1. The molecule has 0 aliphatic carbocycles. The Kier molecular flexibility index (Phi) is 4.00. The number of alkyl halides is 1. The summed E-state index contributed by atoms with van der Waals surface area (Å²) in [6.45, 7) is 3.21. The van der Waals surface area contributed by atoms with Crippen LogP contribution in [0.3, 0.4) is 0 Å². The minimum Gasteiger partial charge on any atom is -0.380 e. The van der Waals surface area contributed by atoms with Gasteiger partial charge in [-0.05, 0) is 19.8 Å². The summed E-state index contributed by atoms with van der Waals surface area (Å²) in [5, 5.41) is -0.421. The number of methoxy groups -OCH3 is 1. The molecule has 76 valence electrons. The fourth-order valence-electron chi connectivity index (χ4n) is 1.58. The van der Waals surface area contributed by atoms with Crippen molar-refractivity contribution in [2.75, 3.05) is 20.2 Å². The molecule has 0 unspecified atom stereocenters. The van der Waals surface area contributed by atoms with Crippen LogP contribution in [0.15, 0.2) is 0 Å². The molecule has 0 aromatic carbocycles. The first-order chi connectivity index (χ1) is 6.15. The van der Waals surface area contributed by atoms with Gasteiger partial charge in [-0.25, -0.2) is 0 Å². The van der Waals surface area contributed by atoms with Gasteiger partial charge in [-0.15, -0.1) is 11.6 Å². The van der Waals surface area contributed by atoms with Crippen molar-refractivity contribution in [3.63, 3.8) is 0 Å². The molecule has 1 rings (SSSR count). The van der Waals surface area contributed by atoms with Crippen molar-refractivity contribution in [3.8, 4) is 0 Å². The third kappa shape index (κ3) is 2.85. The Morgan fingerprint density at radius 3 is 2.92 bits per heavy atom. The van der Waals surface area contributed by atoms with Crippen LogP contribution in [0, 0.1) is 0 Å². The van der Waals surface area contributed by atoms with E-state index in [1.54, 1.807) is 18.9 Å². The van der Waals surface area contributed by atoms with Crippen molar-refractivity contribution in [2.24, 2.45) is 0 Å². The standard InChI is InChI=1S/C9H16ClNO2/c1-7(10)9(12)11-5-3-4-8(6-11)13-2/h7-8H,3-6H2,1-2H3/t7-,8+/m1/s1. The SMILES string of the molecule is CO[C@H]1CCCN(C(=O)[C@@H](C)Cl)C1. The highest BCUT2D eigenvalue weighted by Crippen LogP contribution is 2.14. The van der Waals surface area contributed by atoms with Gasteiger partial charge in [-0.3, -0.25) is 4.79 Å². The van der Waals surface area contributed by atoms with E-state index in [1.807, 2.05) is 0 Å². The molecule has 1 heterocycles. The van der Waals surface area contributed by atoms with Crippen LogP contribution >= 0.6 is 11.6 Å². The average Bonchev–Trinajstić information content (AvgIpc) is 2.16. The van der Waals surface area contributed by atoms with Crippen LogP contribution in [-0.4, -0.2) is 42.5 Å².